The first-order valence-corrected chi connectivity index (χ1v) is 9.10. The molecule has 7 heteroatoms. The number of rotatable bonds is 2. The summed E-state index contributed by atoms with van der Waals surface area (Å²) in [5, 5.41) is 0.680. The topological polar surface area (TPSA) is 45.8 Å². The average Bonchev–Trinajstić information content (AvgIpc) is 2.97. The van der Waals surface area contributed by atoms with Gasteiger partial charge in [0.15, 0.2) is 17.5 Å². The summed E-state index contributed by atoms with van der Waals surface area (Å²) in [5.74, 6) is -1.79. The smallest absolute Gasteiger partial charge is 0.260 e. The molecule has 0 amide bonds. The van der Waals surface area contributed by atoms with Gasteiger partial charge >= 0.3 is 0 Å². The molecule has 1 N–H and O–H groups in total. The van der Waals surface area contributed by atoms with E-state index in [4.69, 9.17) is 11.6 Å². The molecule has 3 aromatic rings. The summed E-state index contributed by atoms with van der Waals surface area (Å²) in [6.07, 6.45) is 5.29. The van der Waals surface area contributed by atoms with Gasteiger partial charge in [-0.1, -0.05) is 23.7 Å². The second kappa shape index (κ2) is 6.35. The summed E-state index contributed by atoms with van der Waals surface area (Å²) < 4.78 is 27.1. The van der Waals surface area contributed by atoms with Gasteiger partial charge in [0, 0.05) is 10.4 Å². The number of nitrogens with one attached hydrogen (secondary N) is 1. The molecule has 2 heterocycles. The molecule has 4 rings (SSSR count). The lowest BCUT2D eigenvalue weighted by Crippen LogP contribution is -2.12. The van der Waals surface area contributed by atoms with Crippen LogP contribution < -0.4 is 5.56 Å². The Morgan fingerprint density at radius 1 is 1.28 bits per heavy atom. The van der Waals surface area contributed by atoms with Gasteiger partial charge in [-0.25, -0.2) is 13.8 Å². The van der Waals surface area contributed by atoms with Crippen LogP contribution in [0.2, 0.25) is 0 Å². The Morgan fingerprint density at radius 3 is 2.92 bits per heavy atom. The van der Waals surface area contributed by atoms with Crippen LogP contribution in [0.5, 0.6) is 0 Å². The zero-order valence-corrected chi connectivity index (χ0v) is 14.6. The van der Waals surface area contributed by atoms with E-state index in [2.05, 4.69) is 9.97 Å². The maximum Gasteiger partial charge on any atom is 0.260 e. The molecule has 3 nitrogen and oxygen atoms in total. The highest BCUT2D eigenvalue weighted by molar-refractivity contribution is 7.18. The molecular weight excluding hydrogens is 366 g/mol. The van der Waals surface area contributed by atoms with Gasteiger partial charge in [0.05, 0.1) is 10.4 Å². The van der Waals surface area contributed by atoms with Crippen molar-refractivity contribution < 1.29 is 8.78 Å². The van der Waals surface area contributed by atoms with Crippen LogP contribution in [-0.2, 0) is 12.8 Å². The van der Waals surface area contributed by atoms with Gasteiger partial charge in [0.25, 0.3) is 5.56 Å². The number of aryl methyl sites for hydroxylation is 2. The van der Waals surface area contributed by atoms with E-state index in [-0.39, 0.29) is 22.0 Å². The first kappa shape index (κ1) is 16.4. The summed E-state index contributed by atoms with van der Waals surface area (Å²) in [6, 6.07) is 3.82. The number of benzene rings is 1. The third kappa shape index (κ3) is 2.89. The molecule has 1 aliphatic rings. The molecule has 0 saturated carbocycles. The summed E-state index contributed by atoms with van der Waals surface area (Å²) in [6.45, 7) is 0. The van der Waals surface area contributed by atoms with Crippen molar-refractivity contribution in [3.8, 4) is 0 Å². The molecule has 0 atom stereocenters. The molecule has 25 heavy (non-hydrogen) atoms. The van der Waals surface area contributed by atoms with E-state index in [1.807, 2.05) is 0 Å². The maximum absolute atomic E-state index is 13.8. The van der Waals surface area contributed by atoms with E-state index in [9.17, 15) is 13.6 Å². The summed E-state index contributed by atoms with van der Waals surface area (Å²) in [5.41, 5.74) is 0.840. The summed E-state index contributed by atoms with van der Waals surface area (Å²) in [4.78, 5) is 21.4. The predicted octanol–water partition coefficient (Wildman–Crippen LogP) is 4.88. The summed E-state index contributed by atoms with van der Waals surface area (Å²) >= 11 is 7.71. The van der Waals surface area contributed by atoms with Crippen molar-refractivity contribution >= 4 is 44.3 Å². The van der Waals surface area contributed by atoms with Gasteiger partial charge in [-0.3, -0.25) is 4.79 Å². The quantitative estimate of drug-likeness (QED) is 0.690. The Kier molecular flexibility index (Phi) is 4.17. The molecule has 1 aromatic carbocycles. The van der Waals surface area contributed by atoms with Crippen LogP contribution in [0.25, 0.3) is 21.3 Å². The second-order valence-corrected chi connectivity index (χ2v) is 7.43. The second-order valence-electron chi connectivity index (χ2n) is 5.94. The fourth-order valence-electron chi connectivity index (χ4n) is 3.11. The largest absolute Gasteiger partial charge is 0.305 e. The maximum atomic E-state index is 13.8. The van der Waals surface area contributed by atoms with Gasteiger partial charge in [-0.2, -0.15) is 0 Å². The minimum Gasteiger partial charge on any atom is -0.305 e. The Bertz CT molecular complexity index is 1070. The van der Waals surface area contributed by atoms with Crippen LogP contribution in [0.4, 0.5) is 8.78 Å². The molecule has 2 aromatic heterocycles. The van der Waals surface area contributed by atoms with Crippen LogP contribution in [0, 0.1) is 11.6 Å². The van der Waals surface area contributed by atoms with Gasteiger partial charge < -0.3 is 4.98 Å². The first-order chi connectivity index (χ1) is 12.0. The van der Waals surface area contributed by atoms with Crippen LogP contribution in [0.3, 0.4) is 0 Å². The average molecular weight is 379 g/mol. The third-order valence-corrected chi connectivity index (χ3v) is 5.79. The molecule has 128 valence electrons. The van der Waals surface area contributed by atoms with Crippen molar-refractivity contribution in [1.29, 1.82) is 0 Å². The number of fused-ring (bicyclic) bond motifs is 3. The van der Waals surface area contributed by atoms with Crippen molar-refractivity contribution in [1.82, 2.24) is 9.97 Å². The number of nitrogens with zero attached hydrogens (tertiary/aromatic N) is 1. The molecule has 0 bridgehead atoms. The number of H-pyrrole nitrogens is 1. The highest BCUT2D eigenvalue weighted by atomic mass is 35.5. The van der Waals surface area contributed by atoms with Gasteiger partial charge in [-0.05, 0) is 43.4 Å². The van der Waals surface area contributed by atoms with Gasteiger partial charge in [0.2, 0.25) is 0 Å². The highest BCUT2D eigenvalue weighted by Crippen LogP contribution is 2.34. The Morgan fingerprint density at radius 2 is 2.08 bits per heavy atom. The van der Waals surface area contributed by atoms with Crippen LogP contribution in [0.1, 0.15) is 34.7 Å². The van der Waals surface area contributed by atoms with E-state index >= 15 is 0 Å². The van der Waals surface area contributed by atoms with E-state index in [0.29, 0.717) is 10.2 Å². The Balaban J connectivity index is 1.83. The van der Waals surface area contributed by atoms with Gasteiger partial charge in [-0.15, -0.1) is 11.3 Å². The fourth-order valence-corrected chi connectivity index (χ4v) is 4.58. The monoisotopic (exact) mass is 378 g/mol. The first-order valence-electron chi connectivity index (χ1n) is 7.91. The van der Waals surface area contributed by atoms with Crippen molar-refractivity contribution in [2.24, 2.45) is 0 Å². The lowest BCUT2D eigenvalue weighted by atomic mass is 9.97. The molecule has 0 saturated heterocycles. The number of thiophene rings is 1. The number of halogens is 3. The van der Waals surface area contributed by atoms with E-state index < -0.39 is 11.6 Å². The van der Waals surface area contributed by atoms with Crippen molar-refractivity contribution in [3.63, 3.8) is 0 Å². The molecule has 0 aliphatic heterocycles. The lowest BCUT2D eigenvalue weighted by molar-refractivity contribution is 0.507. The fraction of sp³-hybridized carbons (Fsp3) is 0.222. The third-order valence-electron chi connectivity index (χ3n) is 4.31. The van der Waals surface area contributed by atoms with E-state index in [1.54, 1.807) is 0 Å². The van der Waals surface area contributed by atoms with Crippen LogP contribution in [0.15, 0.2) is 23.0 Å². The SMILES string of the molecule is O=c1[nH]c(/C(Cl)=C\c2cccc(F)c2F)nc2sc3c(c12)CCCC3. The minimum absolute atomic E-state index is 0.00165. The minimum atomic E-state index is -0.990. The molecule has 0 fully saturated rings. The molecular formula is C18H13ClF2N2OS. The zero-order chi connectivity index (χ0) is 17.6. The van der Waals surface area contributed by atoms with E-state index in [0.717, 1.165) is 37.3 Å². The standard InChI is InChI=1S/C18H13ClF2N2OS/c19-11(8-9-4-3-6-12(20)15(9)21)16-22-17(24)14-10-5-1-2-7-13(10)25-18(14)23-16/h3-4,6,8H,1-2,5,7H2,(H,22,23,24)/b11-8+. The van der Waals surface area contributed by atoms with Crippen molar-refractivity contribution in [3.05, 3.63) is 62.0 Å². The number of hydrogen-bond donors (Lipinski definition) is 1. The zero-order valence-electron chi connectivity index (χ0n) is 13.0. The van der Waals surface area contributed by atoms with Crippen LogP contribution >= 0.6 is 22.9 Å². The molecule has 1 aliphatic carbocycles. The number of hydrogen-bond acceptors (Lipinski definition) is 3. The lowest BCUT2D eigenvalue weighted by Gasteiger charge is -2.09. The highest BCUT2D eigenvalue weighted by Gasteiger charge is 2.20. The summed E-state index contributed by atoms with van der Waals surface area (Å²) in [7, 11) is 0. The van der Waals surface area contributed by atoms with Gasteiger partial charge in [0.1, 0.15) is 4.83 Å². The molecule has 0 unspecified atom stereocenters. The van der Waals surface area contributed by atoms with Crippen molar-refractivity contribution in [2.45, 2.75) is 25.7 Å². The number of aromatic nitrogens is 2. The molecule has 0 spiro atoms. The predicted molar refractivity (Wildman–Crippen MR) is 97.0 cm³/mol. The Labute approximate surface area is 151 Å². The van der Waals surface area contributed by atoms with E-state index in [1.165, 1.54) is 34.4 Å². The number of aromatic amines is 1. The molecule has 0 radical (unpaired) electrons. The van der Waals surface area contributed by atoms with Crippen LogP contribution in [-0.4, -0.2) is 9.97 Å². The normalized spacial score (nSPS) is 14.8. The van der Waals surface area contributed by atoms with Crippen molar-refractivity contribution in [2.75, 3.05) is 0 Å². The Hall–Kier alpha value is -2.05.